The van der Waals surface area contributed by atoms with Crippen molar-refractivity contribution in [1.29, 1.82) is 0 Å². The Morgan fingerprint density at radius 1 is 0.783 bits per heavy atom. The molecule has 0 saturated heterocycles. The average Bonchev–Trinajstić information content (AvgIpc) is 3.51. The number of ether oxygens (including phenoxy) is 3. The van der Waals surface area contributed by atoms with Gasteiger partial charge in [-0.15, -0.1) is 0 Å². The number of nitrogens with zero attached hydrogens (tertiary/aromatic N) is 5. The molecular weight excluding hydrogens is 635 g/mol. The molecule has 4 aromatic rings. The number of hydrogen-bond acceptors (Lipinski definition) is 13. The van der Waals surface area contributed by atoms with E-state index < -0.39 is 0 Å². The number of nitrogens with one attached hydrogen (secondary N) is 3. The first-order valence-corrected chi connectivity index (χ1v) is 15.1. The molecule has 0 amide bonds. The maximum atomic E-state index is 9.17. The molecule has 1 aromatic heterocycles. The standard InChI is InChI=1S/C31H34Cl2N8O5/c1-44-26-12-19(13-27(45-2)28(26)46-3)25-17-24(40-41(25)23-15-20(32)14-21(33)16-23)18-4-6-22(7-5-18)36-31-38-29(34-8-10-42)37-30(39-31)35-9-11-43/h4-7,12-16,25,42-43H,8-11,17H2,1-3H3,(H3,34,35,36,37,38,39). The van der Waals surface area contributed by atoms with Gasteiger partial charge in [0.15, 0.2) is 11.5 Å². The lowest BCUT2D eigenvalue weighted by molar-refractivity contribution is 0.310. The predicted octanol–water partition coefficient (Wildman–Crippen LogP) is 5.11. The van der Waals surface area contributed by atoms with Crippen molar-refractivity contribution < 1.29 is 24.4 Å². The van der Waals surface area contributed by atoms with Crippen LogP contribution in [-0.4, -0.2) is 78.5 Å². The van der Waals surface area contributed by atoms with Crippen LogP contribution in [0.25, 0.3) is 0 Å². The average molecular weight is 670 g/mol. The molecule has 15 heteroatoms. The van der Waals surface area contributed by atoms with E-state index in [0.29, 0.717) is 33.7 Å². The molecule has 5 N–H and O–H groups in total. The summed E-state index contributed by atoms with van der Waals surface area (Å²) >= 11 is 12.8. The lowest BCUT2D eigenvalue weighted by Gasteiger charge is -2.25. The van der Waals surface area contributed by atoms with Crippen LogP contribution < -0.4 is 35.2 Å². The van der Waals surface area contributed by atoms with E-state index in [-0.39, 0.29) is 50.2 Å². The molecule has 13 nitrogen and oxygen atoms in total. The van der Waals surface area contributed by atoms with E-state index in [1.54, 1.807) is 27.4 Å². The Balaban J connectivity index is 1.45. The van der Waals surface area contributed by atoms with Gasteiger partial charge in [0.05, 0.1) is 52.0 Å². The van der Waals surface area contributed by atoms with Crippen LogP contribution in [0.2, 0.25) is 10.0 Å². The maximum Gasteiger partial charge on any atom is 0.233 e. The number of aliphatic hydroxyl groups is 2. The minimum Gasteiger partial charge on any atom is -0.493 e. The molecule has 1 aliphatic heterocycles. The Kier molecular flexibility index (Phi) is 10.8. The second-order valence-electron chi connectivity index (χ2n) is 10.0. The van der Waals surface area contributed by atoms with Gasteiger partial charge in [-0.05, 0) is 53.6 Å². The fourth-order valence-electron chi connectivity index (χ4n) is 4.95. The van der Waals surface area contributed by atoms with Crippen molar-refractivity contribution in [3.63, 3.8) is 0 Å². The summed E-state index contributed by atoms with van der Waals surface area (Å²) in [5.74, 6) is 2.42. The summed E-state index contributed by atoms with van der Waals surface area (Å²) in [6.07, 6.45) is 0.558. The number of benzene rings is 3. The van der Waals surface area contributed by atoms with Crippen LogP contribution in [0.1, 0.15) is 23.6 Å². The summed E-state index contributed by atoms with van der Waals surface area (Å²) in [5, 5.41) is 35.3. The molecule has 1 unspecified atom stereocenters. The van der Waals surface area contributed by atoms with Crippen LogP contribution in [-0.2, 0) is 0 Å². The van der Waals surface area contributed by atoms with Gasteiger partial charge < -0.3 is 40.4 Å². The third-order valence-corrected chi connectivity index (χ3v) is 7.43. The highest BCUT2D eigenvalue weighted by molar-refractivity contribution is 6.35. The first-order valence-electron chi connectivity index (χ1n) is 14.3. The van der Waals surface area contributed by atoms with Gasteiger partial charge in [-0.2, -0.15) is 20.1 Å². The third-order valence-electron chi connectivity index (χ3n) is 6.99. The van der Waals surface area contributed by atoms with E-state index in [1.807, 2.05) is 53.5 Å². The second-order valence-corrected chi connectivity index (χ2v) is 10.9. The molecule has 46 heavy (non-hydrogen) atoms. The maximum absolute atomic E-state index is 9.17. The fraction of sp³-hybridized carbons (Fsp3) is 0.290. The van der Waals surface area contributed by atoms with Crippen LogP contribution in [0.15, 0.2) is 59.7 Å². The summed E-state index contributed by atoms with van der Waals surface area (Å²) in [5.41, 5.74) is 4.11. The number of aromatic nitrogens is 3. The minimum atomic E-state index is -0.240. The quantitative estimate of drug-likeness (QED) is 0.121. The number of halogens is 2. The summed E-state index contributed by atoms with van der Waals surface area (Å²) in [6, 6.07) is 16.6. The van der Waals surface area contributed by atoms with Crippen molar-refractivity contribution >= 4 is 58.1 Å². The van der Waals surface area contributed by atoms with Crippen LogP contribution in [0.5, 0.6) is 17.2 Å². The number of hydrogen-bond donors (Lipinski definition) is 5. The van der Waals surface area contributed by atoms with E-state index >= 15 is 0 Å². The predicted molar refractivity (Wildman–Crippen MR) is 180 cm³/mol. The summed E-state index contributed by atoms with van der Waals surface area (Å²) < 4.78 is 16.8. The van der Waals surface area contributed by atoms with Crippen molar-refractivity contribution in [3.8, 4) is 17.2 Å². The van der Waals surface area contributed by atoms with Gasteiger partial charge >= 0.3 is 0 Å². The SMILES string of the molecule is COc1cc(C2CC(c3ccc(Nc4nc(NCCO)nc(NCCO)n4)cc3)=NN2c2cc(Cl)cc(Cl)c2)cc(OC)c1OC. The van der Waals surface area contributed by atoms with E-state index in [9.17, 15) is 10.2 Å². The molecule has 0 radical (unpaired) electrons. The number of methoxy groups -OCH3 is 3. The first kappa shape index (κ1) is 32.8. The van der Waals surface area contributed by atoms with Gasteiger partial charge in [0, 0.05) is 35.2 Å². The zero-order valence-electron chi connectivity index (χ0n) is 25.4. The highest BCUT2D eigenvalue weighted by Gasteiger charge is 2.32. The Bertz CT molecular complexity index is 1620. The van der Waals surface area contributed by atoms with Gasteiger partial charge in [0.25, 0.3) is 0 Å². The van der Waals surface area contributed by atoms with Gasteiger partial charge in [0.1, 0.15) is 0 Å². The fourth-order valence-corrected chi connectivity index (χ4v) is 5.46. The molecule has 5 rings (SSSR count). The summed E-state index contributed by atoms with van der Waals surface area (Å²) in [4.78, 5) is 13.0. The normalized spacial score (nSPS) is 14.1. The number of aliphatic hydroxyl groups excluding tert-OH is 2. The van der Waals surface area contributed by atoms with Crippen LogP contribution in [0.4, 0.5) is 29.2 Å². The van der Waals surface area contributed by atoms with Gasteiger partial charge in [-0.1, -0.05) is 35.3 Å². The summed E-state index contributed by atoms with van der Waals surface area (Å²) in [7, 11) is 4.73. The van der Waals surface area contributed by atoms with E-state index in [4.69, 9.17) is 42.5 Å². The molecule has 0 aliphatic carbocycles. The van der Waals surface area contributed by atoms with Crippen LogP contribution in [0, 0.1) is 0 Å². The number of anilines is 5. The van der Waals surface area contributed by atoms with Gasteiger partial charge in [-0.25, -0.2) is 0 Å². The molecule has 0 spiro atoms. The highest BCUT2D eigenvalue weighted by atomic mass is 35.5. The van der Waals surface area contributed by atoms with Crippen molar-refractivity contribution in [1.82, 2.24) is 15.0 Å². The molecule has 2 heterocycles. The summed E-state index contributed by atoms with van der Waals surface area (Å²) in [6.45, 7) is 0.382. The molecule has 1 aliphatic rings. The monoisotopic (exact) mass is 668 g/mol. The molecule has 0 saturated carbocycles. The largest absolute Gasteiger partial charge is 0.493 e. The number of hydrazone groups is 1. The topological polar surface area (TPSA) is 159 Å². The Morgan fingerprint density at radius 2 is 1.35 bits per heavy atom. The highest BCUT2D eigenvalue weighted by Crippen LogP contribution is 2.45. The lowest BCUT2D eigenvalue weighted by Crippen LogP contribution is -2.19. The molecule has 242 valence electrons. The molecule has 1 atom stereocenters. The lowest BCUT2D eigenvalue weighted by atomic mass is 9.97. The first-order chi connectivity index (χ1) is 22.3. The third kappa shape index (κ3) is 7.62. The van der Waals surface area contributed by atoms with Crippen molar-refractivity contribution in [2.75, 3.05) is 68.6 Å². The molecule has 0 fully saturated rings. The van der Waals surface area contributed by atoms with Crippen LogP contribution in [0.3, 0.4) is 0 Å². The van der Waals surface area contributed by atoms with Crippen molar-refractivity contribution in [3.05, 3.63) is 75.8 Å². The molecule has 0 bridgehead atoms. The van der Waals surface area contributed by atoms with Crippen molar-refractivity contribution in [2.24, 2.45) is 5.10 Å². The smallest absolute Gasteiger partial charge is 0.233 e. The molecule has 3 aromatic carbocycles. The Labute approximate surface area is 276 Å². The van der Waals surface area contributed by atoms with Crippen LogP contribution >= 0.6 is 23.2 Å². The second kappa shape index (κ2) is 15.1. The molecular formula is C31H34Cl2N8O5. The van der Waals surface area contributed by atoms with E-state index in [1.165, 1.54) is 0 Å². The minimum absolute atomic E-state index is 0.0820. The van der Waals surface area contributed by atoms with Gasteiger partial charge in [0.2, 0.25) is 23.6 Å². The van der Waals surface area contributed by atoms with Gasteiger partial charge in [-0.3, -0.25) is 5.01 Å². The van der Waals surface area contributed by atoms with Crippen molar-refractivity contribution in [2.45, 2.75) is 12.5 Å². The van der Waals surface area contributed by atoms with E-state index in [2.05, 4.69) is 30.9 Å². The van der Waals surface area contributed by atoms with E-state index in [0.717, 1.165) is 28.2 Å². The zero-order chi connectivity index (χ0) is 32.6. The number of rotatable bonds is 14. The Morgan fingerprint density at radius 3 is 1.87 bits per heavy atom. The Hall–Kier alpha value is -4.56. The zero-order valence-corrected chi connectivity index (χ0v) is 26.9.